The number of hydrogen-bond donors (Lipinski definition) is 1. The van der Waals surface area contributed by atoms with Crippen LogP contribution in [-0.4, -0.2) is 53.1 Å². The highest BCUT2D eigenvalue weighted by Gasteiger charge is 2.27. The number of thiocarbonyl (C=S) groups is 1. The average Bonchev–Trinajstić information content (AvgIpc) is 2.91. The molecule has 1 fully saturated rings. The minimum Gasteiger partial charge on any atom is -0.491 e. The van der Waals surface area contributed by atoms with Crippen LogP contribution < -0.4 is 10.1 Å². The number of nitrogens with zero attached hydrogens (tertiary/aromatic N) is 2. The van der Waals surface area contributed by atoms with E-state index >= 15 is 0 Å². The Morgan fingerprint density at radius 2 is 1.43 bits per heavy atom. The summed E-state index contributed by atoms with van der Waals surface area (Å²) < 4.78 is 5.80. The summed E-state index contributed by atoms with van der Waals surface area (Å²) in [6, 6.07) is 28.6. The van der Waals surface area contributed by atoms with Crippen molar-refractivity contribution in [1.29, 1.82) is 0 Å². The van der Waals surface area contributed by atoms with Gasteiger partial charge in [-0.15, -0.1) is 0 Å². The first kappa shape index (κ1) is 24.9. The van der Waals surface area contributed by atoms with Crippen LogP contribution in [0.4, 0.5) is 0 Å². The van der Waals surface area contributed by atoms with Gasteiger partial charge in [0.15, 0.2) is 5.11 Å². The van der Waals surface area contributed by atoms with Gasteiger partial charge in [-0.25, -0.2) is 0 Å². The van der Waals surface area contributed by atoms with E-state index in [0.29, 0.717) is 10.7 Å². The smallest absolute Gasteiger partial charge is 0.257 e. The van der Waals surface area contributed by atoms with E-state index in [1.165, 1.54) is 11.1 Å². The molecule has 0 bridgehead atoms. The van der Waals surface area contributed by atoms with E-state index in [1.807, 2.05) is 19.1 Å². The maximum absolute atomic E-state index is 12.8. The van der Waals surface area contributed by atoms with Crippen LogP contribution in [0.25, 0.3) is 0 Å². The molecule has 5 nitrogen and oxygen atoms in total. The van der Waals surface area contributed by atoms with Crippen LogP contribution in [0, 0.1) is 0 Å². The van der Waals surface area contributed by atoms with Gasteiger partial charge in [0, 0.05) is 31.7 Å². The van der Waals surface area contributed by atoms with Crippen molar-refractivity contribution >= 4 is 23.2 Å². The van der Waals surface area contributed by atoms with E-state index in [9.17, 15) is 4.79 Å². The lowest BCUT2D eigenvalue weighted by molar-refractivity contribution is 0.0967. The second-order valence-corrected chi connectivity index (χ2v) is 9.25. The highest BCUT2D eigenvalue weighted by atomic mass is 32.1. The Morgan fingerprint density at radius 3 is 1.94 bits per heavy atom. The predicted molar refractivity (Wildman–Crippen MR) is 145 cm³/mol. The molecule has 1 unspecified atom stereocenters. The molecule has 1 amide bonds. The molecule has 0 aliphatic carbocycles. The fourth-order valence-corrected chi connectivity index (χ4v) is 4.59. The molecular formula is C29H33N3O2S. The first-order chi connectivity index (χ1) is 17.0. The lowest BCUT2D eigenvalue weighted by Gasteiger charge is -2.40. The fraction of sp³-hybridized carbons (Fsp3) is 0.310. The van der Waals surface area contributed by atoms with Gasteiger partial charge in [-0.1, -0.05) is 67.6 Å². The monoisotopic (exact) mass is 487 g/mol. The molecule has 1 aliphatic heterocycles. The number of hydrogen-bond acceptors (Lipinski definition) is 4. The molecule has 35 heavy (non-hydrogen) atoms. The molecule has 1 heterocycles. The van der Waals surface area contributed by atoms with Crippen molar-refractivity contribution in [3.8, 4) is 5.75 Å². The van der Waals surface area contributed by atoms with Gasteiger partial charge in [0.25, 0.3) is 5.91 Å². The van der Waals surface area contributed by atoms with Crippen LogP contribution in [0.1, 0.15) is 47.8 Å². The lowest BCUT2D eigenvalue weighted by Crippen LogP contribution is -2.53. The van der Waals surface area contributed by atoms with Crippen molar-refractivity contribution < 1.29 is 9.53 Å². The molecule has 0 spiro atoms. The number of carbonyl (C=O) groups is 1. The topological polar surface area (TPSA) is 44.8 Å². The van der Waals surface area contributed by atoms with Crippen LogP contribution >= 0.6 is 12.2 Å². The minimum atomic E-state index is -0.195. The Morgan fingerprint density at radius 1 is 0.886 bits per heavy atom. The van der Waals surface area contributed by atoms with E-state index in [0.717, 1.165) is 38.3 Å². The Balaban J connectivity index is 1.35. The second-order valence-electron chi connectivity index (χ2n) is 8.87. The molecule has 1 saturated heterocycles. The van der Waals surface area contributed by atoms with E-state index in [1.54, 1.807) is 12.1 Å². The summed E-state index contributed by atoms with van der Waals surface area (Å²) in [6.45, 7) is 7.34. The minimum absolute atomic E-state index is 0.143. The zero-order valence-corrected chi connectivity index (χ0v) is 21.2. The summed E-state index contributed by atoms with van der Waals surface area (Å²) in [4.78, 5) is 17.3. The first-order valence-corrected chi connectivity index (χ1v) is 12.7. The molecule has 3 aromatic rings. The number of piperazine rings is 1. The van der Waals surface area contributed by atoms with Crippen molar-refractivity contribution in [2.75, 3.05) is 26.2 Å². The highest BCUT2D eigenvalue weighted by Crippen LogP contribution is 2.29. The molecule has 1 aliphatic rings. The summed E-state index contributed by atoms with van der Waals surface area (Å²) in [6.07, 6.45) is 1.07. The van der Waals surface area contributed by atoms with Crippen molar-refractivity contribution in [2.24, 2.45) is 0 Å². The van der Waals surface area contributed by atoms with E-state index in [-0.39, 0.29) is 18.1 Å². The number of amides is 1. The van der Waals surface area contributed by atoms with Gasteiger partial charge in [-0.05, 0) is 61.0 Å². The summed E-state index contributed by atoms with van der Waals surface area (Å²) in [5.74, 6) is 0.569. The zero-order valence-electron chi connectivity index (χ0n) is 20.4. The van der Waals surface area contributed by atoms with Crippen LogP contribution in [0.5, 0.6) is 5.75 Å². The third-order valence-corrected chi connectivity index (χ3v) is 6.81. The quantitative estimate of drug-likeness (QED) is 0.459. The van der Waals surface area contributed by atoms with Crippen LogP contribution in [0.3, 0.4) is 0 Å². The summed E-state index contributed by atoms with van der Waals surface area (Å²) in [5, 5.41) is 3.38. The van der Waals surface area contributed by atoms with Gasteiger partial charge >= 0.3 is 0 Å². The molecule has 4 rings (SSSR count). The molecule has 0 aromatic heterocycles. The molecule has 1 N–H and O–H groups in total. The maximum atomic E-state index is 12.8. The van der Waals surface area contributed by atoms with E-state index in [2.05, 4.69) is 82.7 Å². The molecule has 182 valence electrons. The van der Waals surface area contributed by atoms with Crippen molar-refractivity contribution in [1.82, 2.24) is 15.1 Å². The Hall–Kier alpha value is -3.22. The van der Waals surface area contributed by atoms with E-state index in [4.69, 9.17) is 17.0 Å². The van der Waals surface area contributed by atoms with Gasteiger partial charge in [-0.3, -0.25) is 15.0 Å². The van der Waals surface area contributed by atoms with Crippen LogP contribution in [0.2, 0.25) is 0 Å². The Labute approximate surface area is 213 Å². The fourth-order valence-electron chi connectivity index (χ4n) is 4.32. The normalized spacial score (nSPS) is 15.0. The summed E-state index contributed by atoms with van der Waals surface area (Å²) in [5.41, 5.74) is 3.13. The molecule has 0 saturated carbocycles. The van der Waals surface area contributed by atoms with E-state index < -0.39 is 0 Å². The zero-order chi connectivity index (χ0) is 24.6. The molecule has 0 radical (unpaired) electrons. The maximum Gasteiger partial charge on any atom is 0.257 e. The standard InChI is InChI=1S/C29H33N3O2S/c1-3-22(2)34-26-16-14-25(15-17-26)28(33)30-29(35)32-20-18-31(19-21-32)27(23-10-6-4-7-11-23)24-12-8-5-9-13-24/h4-17,22,27H,3,18-21H2,1-2H3,(H,30,33,35). The van der Waals surface area contributed by atoms with Gasteiger partial charge in [0.2, 0.25) is 0 Å². The SMILES string of the molecule is CCC(C)Oc1ccc(C(=O)NC(=S)N2CCN(C(c3ccccc3)c3ccccc3)CC2)cc1. The molecule has 6 heteroatoms. The Bertz CT molecular complexity index is 1060. The summed E-state index contributed by atoms with van der Waals surface area (Å²) in [7, 11) is 0. The number of ether oxygens (including phenoxy) is 1. The number of benzene rings is 3. The molecule has 3 aromatic carbocycles. The Kier molecular flexibility index (Phi) is 8.50. The second kappa shape index (κ2) is 12.0. The van der Waals surface area contributed by atoms with Crippen molar-refractivity contribution in [3.05, 3.63) is 102 Å². The largest absolute Gasteiger partial charge is 0.491 e. The number of carbonyl (C=O) groups excluding carboxylic acids is 1. The van der Waals surface area contributed by atoms with Crippen LogP contribution in [0.15, 0.2) is 84.9 Å². The lowest BCUT2D eigenvalue weighted by atomic mass is 9.96. The number of nitrogens with one attached hydrogen (secondary N) is 1. The number of rotatable bonds is 7. The third kappa shape index (κ3) is 6.47. The predicted octanol–water partition coefficient (Wildman–Crippen LogP) is 5.29. The third-order valence-electron chi connectivity index (χ3n) is 6.45. The average molecular weight is 488 g/mol. The van der Waals surface area contributed by atoms with Gasteiger partial charge in [0.1, 0.15) is 5.75 Å². The highest BCUT2D eigenvalue weighted by molar-refractivity contribution is 7.80. The van der Waals surface area contributed by atoms with Gasteiger partial charge in [-0.2, -0.15) is 0 Å². The first-order valence-electron chi connectivity index (χ1n) is 12.3. The van der Waals surface area contributed by atoms with Crippen molar-refractivity contribution in [2.45, 2.75) is 32.4 Å². The molecular weight excluding hydrogens is 454 g/mol. The van der Waals surface area contributed by atoms with Crippen LogP contribution in [-0.2, 0) is 0 Å². The van der Waals surface area contributed by atoms with Gasteiger partial charge in [0.05, 0.1) is 12.1 Å². The van der Waals surface area contributed by atoms with Crippen molar-refractivity contribution in [3.63, 3.8) is 0 Å². The molecule has 1 atom stereocenters. The van der Waals surface area contributed by atoms with Gasteiger partial charge < -0.3 is 9.64 Å². The summed E-state index contributed by atoms with van der Waals surface area (Å²) >= 11 is 5.59.